The number of hydrogen-bond donors (Lipinski definition) is 2. The predicted molar refractivity (Wildman–Crippen MR) is 133 cm³/mol. The highest BCUT2D eigenvalue weighted by molar-refractivity contribution is 7.93. The molecule has 0 spiro atoms. The summed E-state index contributed by atoms with van der Waals surface area (Å²) in [6.07, 6.45) is 1.75. The molecule has 4 rings (SSSR count). The summed E-state index contributed by atoms with van der Waals surface area (Å²) >= 11 is 12.2. The van der Waals surface area contributed by atoms with Gasteiger partial charge in [0.2, 0.25) is 32.6 Å². The largest absolute Gasteiger partial charge is 0.368 e. The molecule has 2 aliphatic rings. The molecule has 0 saturated carbocycles. The maximum Gasteiger partial charge on any atom is 0.246 e. The smallest absolute Gasteiger partial charge is 0.246 e. The summed E-state index contributed by atoms with van der Waals surface area (Å²) in [4.78, 5) is 38.2. The Morgan fingerprint density at radius 2 is 1.89 bits per heavy atom. The van der Waals surface area contributed by atoms with Crippen LogP contribution in [0.5, 0.6) is 0 Å². The van der Waals surface area contributed by atoms with E-state index in [0.717, 1.165) is 23.1 Å². The summed E-state index contributed by atoms with van der Waals surface area (Å²) in [5, 5.41) is 2.48. The fourth-order valence-electron chi connectivity index (χ4n) is 4.63. The molecule has 3 atom stereocenters. The Balaban J connectivity index is 1.97. The van der Waals surface area contributed by atoms with Crippen molar-refractivity contribution in [1.82, 2.24) is 15.1 Å². The van der Waals surface area contributed by atoms with Crippen LogP contribution < -0.4 is 11.1 Å². The molecule has 2 aromatic carbocycles. The number of primary amides is 1. The highest BCUT2D eigenvalue weighted by Crippen LogP contribution is 2.41. The monoisotopic (exact) mass is 586 g/mol. The van der Waals surface area contributed by atoms with Gasteiger partial charge in [0.05, 0.1) is 16.5 Å². The molecular weight excluding hydrogens is 565 g/mol. The fraction of sp³-hybridized carbons (Fsp3) is 0.333. The van der Waals surface area contributed by atoms with Crippen LogP contribution in [0.3, 0.4) is 0 Å². The van der Waals surface area contributed by atoms with E-state index in [1.807, 2.05) is 0 Å². The normalized spacial score (nSPS) is 24.1. The first-order chi connectivity index (χ1) is 17.7. The number of nitrogens with zero attached hydrogens (tertiary/aromatic N) is 2. The van der Waals surface area contributed by atoms with Crippen molar-refractivity contribution < 1.29 is 31.6 Å². The lowest BCUT2D eigenvalue weighted by molar-refractivity contribution is -0.164. The second kappa shape index (κ2) is 10.1. The molecule has 3 unspecified atom stereocenters. The molecule has 0 aliphatic carbocycles. The average molecular weight is 587 g/mol. The average Bonchev–Trinajstić information content (AvgIpc) is 2.81. The quantitative estimate of drug-likeness (QED) is 0.532. The van der Waals surface area contributed by atoms with Gasteiger partial charge in [0.25, 0.3) is 0 Å². The molecule has 202 valence electrons. The molecule has 2 fully saturated rings. The second-order valence-corrected chi connectivity index (χ2v) is 12.1. The Labute approximate surface area is 227 Å². The molecule has 2 saturated heterocycles. The minimum Gasteiger partial charge on any atom is -0.368 e. The summed E-state index contributed by atoms with van der Waals surface area (Å²) < 4.78 is 56.9. The van der Waals surface area contributed by atoms with E-state index >= 15 is 0 Å². The van der Waals surface area contributed by atoms with E-state index in [1.165, 1.54) is 17.0 Å². The number of nitrogens with two attached hydrogens (primary N) is 1. The molecule has 2 aliphatic heterocycles. The van der Waals surface area contributed by atoms with Crippen molar-refractivity contribution >= 4 is 50.8 Å². The molecule has 2 heterocycles. The highest BCUT2D eigenvalue weighted by atomic mass is 35.5. The van der Waals surface area contributed by atoms with E-state index in [1.54, 1.807) is 13.8 Å². The highest BCUT2D eigenvalue weighted by Gasteiger charge is 2.64. The van der Waals surface area contributed by atoms with Gasteiger partial charge in [-0.15, -0.1) is 0 Å². The minimum atomic E-state index is -4.75. The number of piperazine rings is 1. The number of sulfone groups is 1. The van der Waals surface area contributed by atoms with Crippen molar-refractivity contribution in [3.8, 4) is 0 Å². The maximum atomic E-state index is 14.7. The molecule has 2 radical (unpaired) electrons. The van der Waals surface area contributed by atoms with Crippen LogP contribution in [0.1, 0.15) is 19.4 Å². The van der Waals surface area contributed by atoms with Gasteiger partial charge in [-0.3, -0.25) is 24.6 Å². The Kier molecular flexibility index (Phi) is 7.47. The number of carbonyl (C=O) groups is 3. The number of hydrogen-bond acceptors (Lipinski definition) is 6. The van der Waals surface area contributed by atoms with Crippen LogP contribution in [-0.2, 0) is 30.6 Å². The van der Waals surface area contributed by atoms with Crippen LogP contribution in [0.2, 0.25) is 10.0 Å². The van der Waals surface area contributed by atoms with E-state index in [0.29, 0.717) is 6.07 Å². The van der Waals surface area contributed by atoms with Crippen molar-refractivity contribution in [3.63, 3.8) is 0 Å². The number of halogens is 4. The van der Waals surface area contributed by atoms with E-state index < -0.39 is 80.2 Å². The molecule has 9 nitrogen and oxygen atoms in total. The van der Waals surface area contributed by atoms with E-state index in [-0.39, 0.29) is 15.6 Å². The predicted octanol–water partition coefficient (Wildman–Crippen LogP) is 1.93. The number of carbonyl (C=O) groups excluding carboxylic acids is 3. The Morgan fingerprint density at radius 3 is 2.47 bits per heavy atom. The van der Waals surface area contributed by atoms with Crippen molar-refractivity contribution in [1.29, 1.82) is 0 Å². The first kappa shape index (κ1) is 28.2. The van der Waals surface area contributed by atoms with Gasteiger partial charge in [-0.1, -0.05) is 29.3 Å². The molecule has 0 aromatic heterocycles. The van der Waals surface area contributed by atoms with Gasteiger partial charge in [0.15, 0.2) is 0 Å². The van der Waals surface area contributed by atoms with Crippen molar-refractivity contribution in [3.05, 3.63) is 70.1 Å². The number of fused-ring (bicyclic) bond motifs is 1. The first-order valence-electron chi connectivity index (χ1n) is 11.3. The third-order valence-corrected chi connectivity index (χ3v) is 9.40. The number of amides is 3. The van der Waals surface area contributed by atoms with E-state index in [9.17, 15) is 31.6 Å². The zero-order valence-corrected chi connectivity index (χ0v) is 22.4. The van der Waals surface area contributed by atoms with Crippen molar-refractivity contribution in [2.75, 3.05) is 6.54 Å². The summed E-state index contributed by atoms with van der Waals surface area (Å²) in [5.41, 5.74) is 5.27. The summed E-state index contributed by atoms with van der Waals surface area (Å²) in [6.45, 7) is 2.62. The van der Waals surface area contributed by atoms with Crippen LogP contribution in [0.4, 0.5) is 8.78 Å². The molecule has 38 heavy (non-hydrogen) atoms. The SMILES string of the molecule is CC(C)N1CC2(S(=O)(=O)c3ccc(Cl)cc3Cl)NC(C(N)=O)[C]C(=O)N2C(Cc2ccc(F)cc2F)C1=O. The lowest BCUT2D eigenvalue weighted by atomic mass is 9.95. The minimum absolute atomic E-state index is 0.139. The molecule has 0 bridgehead atoms. The van der Waals surface area contributed by atoms with Gasteiger partial charge in [0, 0.05) is 23.6 Å². The van der Waals surface area contributed by atoms with Crippen LogP contribution in [0, 0.1) is 18.1 Å². The molecule has 3 amide bonds. The topological polar surface area (TPSA) is 130 Å². The molecule has 2 aromatic rings. The van der Waals surface area contributed by atoms with Crippen molar-refractivity contribution in [2.24, 2.45) is 5.73 Å². The standard InChI is InChI=1S/C24H22Cl2F2N4O5S/c1-12(2)31-11-24(38(36,37)20-6-4-14(25)8-16(20)26)30-18(22(29)34)10-21(33)32(24)19(23(31)35)7-13-3-5-15(27)9-17(13)28/h3-6,8-9,12,18-19,30H,7,11H2,1-2H3,(H2,29,34). The number of nitrogens with one attached hydrogen (secondary N) is 1. The Bertz CT molecular complexity index is 1440. The summed E-state index contributed by atoms with van der Waals surface area (Å²) in [5.74, 6) is -4.75. The summed E-state index contributed by atoms with van der Waals surface area (Å²) in [7, 11) is -4.75. The fourth-order valence-corrected chi connectivity index (χ4v) is 7.33. The van der Waals surface area contributed by atoms with Gasteiger partial charge in [-0.25, -0.2) is 17.2 Å². The zero-order chi connectivity index (χ0) is 28.2. The van der Waals surface area contributed by atoms with Crippen molar-refractivity contribution in [2.45, 2.75) is 48.3 Å². The number of benzene rings is 2. The van der Waals surface area contributed by atoms with Gasteiger partial charge < -0.3 is 10.6 Å². The molecular formula is C24H22Cl2F2N4O5S. The van der Waals surface area contributed by atoms with Gasteiger partial charge in [0.1, 0.15) is 30.1 Å². The van der Waals surface area contributed by atoms with Crippen LogP contribution in [-0.4, -0.2) is 65.6 Å². The maximum absolute atomic E-state index is 14.7. The first-order valence-corrected chi connectivity index (χ1v) is 13.5. The number of rotatable bonds is 6. The van der Waals surface area contributed by atoms with Gasteiger partial charge in [-0.05, 0) is 43.7 Å². The van der Waals surface area contributed by atoms with Crippen LogP contribution in [0.15, 0.2) is 41.3 Å². The van der Waals surface area contributed by atoms with Gasteiger partial charge in [-0.2, -0.15) is 0 Å². The van der Waals surface area contributed by atoms with E-state index in [4.69, 9.17) is 28.9 Å². The molecule has 3 N–H and O–H groups in total. The molecule has 14 heteroatoms. The lowest BCUT2D eigenvalue weighted by Gasteiger charge is -2.56. The second-order valence-electron chi connectivity index (χ2n) is 9.18. The van der Waals surface area contributed by atoms with E-state index in [2.05, 4.69) is 11.7 Å². The third kappa shape index (κ3) is 4.63. The van der Waals surface area contributed by atoms with Crippen LogP contribution >= 0.6 is 23.2 Å². The zero-order valence-electron chi connectivity index (χ0n) is 20.0. The van der Waals surface area contributed by atoms with Crippen LogP contribution in [0.25, 0.3) is 0 Å². The Morgan fingerprint density at radius 1 is 1.21 bits per heavy atom. The third-order valence-electron chi connectivity index (χ3n) is 6.47. The van der Waals surface area contributed by atoms with Gasteiger partial charge >= 0.3 is 0 Å². The summed E-state index contributed by atoms with van der Waals surface area (Å²) in [6, 6.07) is 2.44. The Hall–Kier alpha value is -2.80. The lowest BCUT2D eigenvalue weighted by Crippen LogP contribution is -2.83.